The Morgan fingerprint density at radius 2 is 1.66 bits per heavy atom. The average Bonchev–Trinajstić information content (AvgIpc) is 3.13. The van der Waals surface area contributed by atoms with Gasteiger partial charge in [-0.25, -0.2) is 8.42 Å². The first-order chi connectivity index (χ1) is 16.9. The van der Waals surface area contributed by atoms with Gasteiger partial charge in [-0.05, 0) is 47.4 Å². The van der Waals surface area contributed by atoms with Crippen molar-refractivity contribution in [1.29, 1.82) is 0 Å². The smallest absolute Gasteiger partial charge is 0.243 e. The SMILES string of the molecule is CN(Cc1ccc2ccccc2c1)C(=O)C1CCN(S(=O)(=O)c2ccc3c(c2)OCCCO3)CC1. The van der Waals surface area contributed by atoms with Crippen molar-refractivity contribution in [1.82, 2.24) is 9.21 Å². The van der Waals surface area contributed by atoms with Crippen LogP contribution in [0, 0.1) is 5.92 Å². The third kappa shape index (κ3) is 4.99. The number of benzene rings is 3. The van der Waals surface area contributed by atoms with E-state index in [1.165, 1.54) is 9.69 Å². The molecule has 2 aliphatic rings. The Hall–Kier alpha value is -3.10. The quantitative estimate of drug-likeness (QED) is 0.535. The molecule has 1 fully saturated rings. The Bertz CT molecular complexity index is 1330. The van der Waals surface area contributed by atoms with Gasteiger partial charge < -0.3 is 14.4 Å². The summed E-state index contributed by atoms with van der Waals surface area (Å²) in [6, 6.07) is 19.2. The Balaban J connectivity index is 1.21. The molecular weight excluding hydrogens is 464 g/mol. The first-order valence-electron chi connectivity index (χ1n) is 12.0. The summed E-state index contributed by atoms with van der Waals surface area (Å²) in [7, 11) is -1.86. The van der Waals surface area contributed by atoms with Gasteiger partial charge in [0, 0.05) is 45.1 Å². The zero-order valence-corrected chi connectivity index (χ0v) is 20.7. The van der Waals surface area contributed by atoms with E-state index >= 15 is 0 Å². The number of amides is 1. The second-order valence-corrected chi connectivity index (χ2v) is 11.2. The summed E-state index contributed by atoms with van der Waals surface area (Å²) in [6.45, 7) is 2.21. The van der Waals surface area contributed by atoms with Crippen LogP contribution in [0.3, 0.4) is 0 Å². The van der Waals surface area contributed by atoms with Gasteiger partial charge in [0.2, 0.25) is 15.9 Å². The highest BCUT2D eigenvalue weighted by atomic mass is 32.2. The lowest BCUT2D eigenvalue weighted by Gasteiger charge is -2.32. The highest BCUT2D eigenvalue weighted by molar-refractivity contribution is 7.89. The molecule has 0 aromatic heterocycles. The van der Waals surface area contributed by atoms with Crippen molar-refractivity contribution >= 4 is 26.7 Å². The highest BCUT2D eigenvalue weighted by Gasteiger charge is 2.33. The van der Waals surface area contributed by atoms with Gasteiger partial charge in [-0.15, -0.1) is 0 Å². The lowest BCUT2D eigenvalue weighted by Crippen LogP contribution is -2.43. The van der Waals surface area contributed by atoms with Gasteiger partial charge in [0.25, 0.3) is 0 Å². The molecule has 0 atom stereocenters. The number of hydrogen-bond donors (Lipinski definition) is 0. The average molecular weight is 495 g/mol. The van der Waals surface area contributed by atoms with Crippen molar-refractivity contribution in [3.05, 3.63) is 66.2 Å². The summed E-state index contributed by atoms with van der Waals surface area (Å²) in [5, 5.41) is 2.33. The predicted octanol–water partition coefficient (Wildman–Crippen LogP) is 4.06. The van der Waals surface area contributed by atoms with Crippen LogP contribution in [0.15, 0.2) is 65.6 Å². The molecule has 8 heteroatoms. The van der Waals surface area contributed by atoms with E-state index in [1.54, 1.807) is 23.1 Å². The second kappa shape index (κ2) is 9.87. The zero-order chi connectivity index (χ0) is 24.4. The molecule has 3 aromatic rings. The van der Waals surface area contributed by atoms with Crippen molar-refractivity contribution in [3.63, 3.8) is 0 Å². The molecule has 1 saturated heterocycles. The minimum Gasteiger partial charge on any atom is -0.490 e. The molecule has 0 bridgehead atoms. The van der Waals surface area contributed by atoms with E-state index < -0.39 is 10.0 Å². The number of sulfonamides is 1. The Kier molecular flexibility index (Phi) is 6.67. The molecule has 184 valence electrons. The van der Waals surface area contributed by atoms with Crippen molar-refractivity contribution in [2.45, 2.75) is 30.7 Å². The largest absolute Gasteiger partial charge is 0.490 e. The van der Waals surface area contributed by atoms with Crippen LogP contribution in [0.2, 0.25) is 0 Å². The van der Waals surface area contributed by atoms with E-state index in [2.05, 4.69) is 30.3 Å². The van der Waals surface area contributed by atoms with Crippen molar-refractivity contribution in [2.24, 2.45) is 5.92 Å². The van der Waals surface area contributed by atoms with E-state index in [0.717, 1.165) is 17.4 Å². The molecule has 35 heavy (non-hydrogen) atoms. The Labute approximate surface area is 206 Å². The second-order valence-electron chi connectivity index (χ2n) is 9.21. The fourth-order valence-electron chi connectivity index (χ4n) is 4.80. The molecule has 0 aliphatic carbocycles. The van der Waals surface area contributed by atoms with E-state index in [-0.39, 0.29) is 16.7 Å². The van der Waals surface area contributed by atoms with Gasteiger partial charge in [0.05, 0.1) is 18.1 Å². The van der Waals surface area contributed by atoms with Gasteiger partial charge in [-0.3, -0.25) is 4.79 Å². The minimum absolute atomic E-state index is 0.0609. The zero-order valence-electron chi connectivity index (χ0n) is 19.9. The van der Waals surface area contributed by atoms with Crippen molar-refractivity contribution < 1.29 is 22.7 Å². The molecule has 5 rings (SSSR count). The summed E-state index contributed by atoms with van der Waals surface area (Å²) < 4.78 is 39.2. The molecule has 0 saturated carbocycles. The molecule has 0 radical (unpaired) electrons. The third-order valence-electron chi connectivity index (χ3n) is 6.77. The van der Waals surface area contributed by atoms with E-state index in [9.17, 15) is 13.2 Å². The number of carbonyl (C=O) groups is 1. The highest BCUT2D eigenvalue weighted by Crippen LogP contribution is 2.34. The standard InChI is InChI=1S/C27H30N2O5S/c1-28(19-20-7-8-21-5-2-3-6-23(21)17-20)27(30)22-11-13-29(14-12-22)35(31,32)24-9-10-25-26(18-24)34-16-4-15-33-25/h2-3,5-10,17-18,22H,4,11-16,19H2,1H3. The van der Waals surface area contributed by atoms with Crippen LogP contribution in [0.5, 0.6) is 11.5 Å². The Morgan fingerprint density at radius 1 is 0.943 bits per heavy atom. The lowest BCUT2D eigenvalue weighted by molar-refractivity contribution is -0.135. The number of carbonyl (C=O) groups excluding carboxylic acids is 1. The molecule has 0 spiro atoms. The van der Waals surface area contributed by atoms with Gasteiger partial charge >= 0.3 is 0 Å². The molecule has 0 N–H and O–H groups in total. The number of piperidine rings is 1. The maximum Gasteiger partial charge on any atom is 0.243 e. The molecule has 2 heterocycles. The van der Waals surface area contributed by atoms with E-state index in [0.29, 0.717) is 57.2 Å². The minimum atomic E-state index is -3.67. The summed E-state index contributed by atoms with van der Waals surface area (Å²) in [5.41, 5.74) is 1.08. The third-order valence-corrected chi connectivity index (χ3v) is 8.66. The van der Waals surface area contributed by atoms with Crippen molar-refractivity contribution in [3.8, 4) is 11.5 Å². The van der Waals surface area contributed by atoms with Crippen LogP contribution in [0.1, 0.15) is 24.8 Å². The normalized spacial score (nSPS) is 17.2. The summed E-state index contributed by atoms with van der Waals surface area (Å²) in [5.74, 6) is 0.908. The van der Waals surface area contributed by atoms with Crippen LogP contribution in [-0.2, 0) is 21.4 Å². The predicted molar refractivity (Wildman–Crippen MR) is 134 cm³/mol. The maximum atomic E-state index is 13.3. The maximum absolute atomic E-state index is 13.3. The fourth-order valence-corrected chi connectivity index (χ4v) is 6.28. The molecule has 1 amide bonds. The lowest BCUT2D eigenvalue weighted by atomic mass is 9.96. The van der Waals surface area contributed by atoms with Gasteiger partial charge in [-0.1, -0.05) is 36.4 Å². The number of ether oxygens (including phenoxy) is 2. The molecule has 3 aromatic carbocycles. The van der Waals surface area contributed by atoms with Crippen LogP contribution in [-0.4, -0.2) is 56.9 Å². The Morgan fingerprint density at radius 3 is 2.43 bits per heavy atom. The molecular formula is C27H30N2O5S. The summed E-state index contributed by atoms with van der Waals surface area (Å²) in [4.78, 5) is 15.1. The van der Waals surface area contributed by atoms with E-state index in [1.807, 2.05) is 19.2 Å². The summed E-state index contributed by atoms with van der Waals surface area (Å²) in [6.07, 6.45) is 1.77. The van der Waals surface area contributed by atoms with Gasteiger partial charge in [-0.2, -0.15) is 4.31 Å². The topological polar surface area (TPSA) is 76.2 Å². The van der Waals surface area contributed by atoms with Crippen LogP contribution >= 0.6 is 0 Å². The van der Waals surface area contributed by atoms with Crippen LogP contribution < -0.4 is 9.47 Å². The number of rotatable bonds is 5. The number of fused-ring (bicyclic) bond motifs is 2. The molecule has 2 aliphatic heterocycles. The van der Waals surface area contributed by atoms with Crippen molar-refractivity contribution in [2.75, 3.05) is 33.4 Å². The van der Waals surface area contributed by atoms with Crippen LogP contribution in [0.25, 0.3) is 10.8 Å². The molecule has 0 unspecified atom stereocenters. The number of nitrogens with zero attached hydrogens (tertiary/aromatic N) is 2. The summed E-state index contributed by atoms with van der Waals surface area (Å²) >= 11 is 0. The first-order valence-corrected chi connectivity index (χ1v) is 13.5. The van der Waals surface area contributed by atoms with E-state index in [4.69, 9.17) is 9.47 Å². The first kappa shape index (κ1) is 23.6. The van der Waals surface area contributed by atoms with Crippen LogP contribution in [0.4, 0.5) is 0 Å². The monoisotopic (exact) mass is 494 g/mol. The number of hydrogen-bond acceptors (Lipinski definition) is 5. The van der Waals surface area contributed by atoms with Gasteiger partial charge in [0.15, 0.2) is 11.5 Å². The molecule has 7 nitrogen and oxygen atoms in total. The fraction of sp³-hybridized carbons (Fsp3) is 0.370. The van der Waals surface area contributed by atoms with Gasteiger partial charge in [0.1, 0.15) is 0 Å².